The lowest BCUT2D eigenvalue weighted by atomic mass is 10.2. The van der Waals surface area contributed by atoms with Gasteiger partial charge in [-0.15, -0.1) is 0 Å². The molecule has 0 rings (SSSR count). The molecule has 0 aromatic carbocycles. The molecule has 0 bridgehead atoms. The van der Waals surface area contributed by atoms with Crippen molar-refractivity contribution in [1.29, 1.82) is 0 Å². The number of carbonyl (C=O) groups is 1. The first kappa shape index (κ1) is 11.4. The number of carboxylic acids is 1. The third-order valence-electron chi connectivity index (χ3n) is 1.78. The van der Waals surface area contributed by atoms with Crippen molar-refractivity contribution in [3.8, 4) is 0 Å². The van der Waals surface area contributed by atoms with Crippen molar-refractivity contribution in [2.45, 2.75) is 12.8 Å². The lowest BCUT2D eigenvalue weighted by molar-refractivity contribution is -0.883. The van der Waals surface area contributed by atoms with Crippen molar-refractivity contribution in [2.24, 2.45) is 5.73 Å². The lowest BCUT2D eigenvalue weighted by Gasteiger charge is -2.27. The van der Waals surface area contributed by atoms with Crippen molar-refractivity contribution in [1.82, 2.24) is 0 Å². The number of quaternary nitrogens is 1. The Balaban J connectivity index is 3.63. The number of unbranched alkanes of at least 4 members (excludes halogenated alkanes) is 1. The van der Waals surface area contributed by atoms with Crippen molar-refractivity contribution in [3.63, 3.8) is 0 Å². The van der Waals surface area contributed by atoms with Gasteiger partial charge in [0.2, 0.25) is 0 Å². The molecule has 0 saturated carbocycles. The van der Waals surface area contributed by atoms with E-state index in [1.807, 2.05) is 14.1 Å². The van der Waals surface area contributed by atoms with E-state index in [9.17, 15) is 4.79 Å². The molecule has 0 aliphatic carbocycles. The number of rotatable bonds is 6. The third-order valence-corrected chi connectivity index (χ3v) is 1.78. The van der Waals surface area contributed by atoms with E-state index in [0.29, 0.717) is 11.0 Å². The molecule has 72 valence electrons. The smallest absolute Gasteiger partial charge is 0.359 e. The maximum atomic E-state index is 10.4. The van der Waals surface area contributed by atoms with Crippen LogP contribution < -0.4 is 5.73 Å². The lowest BCUT2D eigenvalue weighted by Crippen LogP contribution is -2.44. The van der Waals surface area contributed by atoms with Crippen LogP contribution >= 0.6 is 0 Å². The summed E-state index contributed by atoms with van der Waals surface area (Å²) in [4.78, 5) is 10.4. The topological polar surface area (TPSA) is 63.3 Å². The van der Waals surface area contributed by atoms with Crippen molar-refractivity contribution in [2.75, 3.05) is 33.7 Å². The van der Waals surface area contributed by atoms with E-state index in [1.165, 1.54) is 0 Å². The molecule has 0 fully saturated rings. The summed E-state index contributed by atoms with van der Waals surface area (Å²) in [5.41, 5.74) is 5.34. The molecule has 0 spiro atoms. The molecule has 0 unspecified atom stereocenters. The summed E-state index contributed by atoms with van der Waals surface area (Å²) in [6.07, 6.45) is 1.97. The standard InChI is InChI=1S/C8H18N2O2/c1-10(2,7-8(11)12)6-4-3-5-9/h3-7,9H2,1-2H3/p+1. The fourth-order valence-corrected chi connectivity index (χ4v) is 1.13. The maximum Gasteiger partial charge on any atom is 0.359 e. The predicted octanol–water partition coefficient (Wildman–Crippen LogP) is -0.114. The molecular formula is C8H19N2O2+. The van der Waals surface area contributed by atoms with Crippen molar-refractivity contribution < 1.29 is 14.4 Å². The van der Waals surface area contributed by atoms with E-state index in [0.717, 1.165) is 19.4 Å². The van der Waals surface area contributed by atoms with Crippen molar-refractivity contribution in [3.05, 3.63) is 0 Å². The van der Waals surface area contributed by atoms with Gasteiger partial charge < -0.3 is 15.3 Å². The Labute approximate surface area is 73.6 Å². The molecule has 4 heteroatoms. The highest BCUT2D eigenvalue weighted by Crippen LogP contribution is 2.00. The van der Waals surface area contributed by atoms with Crippen LogP contribution in [0.3, 0.4) is 0 Å². The average molecular weight is 175 g/mol. The summed E-state index contributed by atoms with van der Waals surface area (Å²) in [7, 11) is 3.84. The molecule has 0 aromatic heterocycles. The molecule has 0 aliphatic rings. The molecule has 12 heavy (non-hydrogen) atoms. The van der Waals surface area contributed by atoms with Gasteiger partial charge in [0.1, 0.15) is 0 Å². The molecule has 3 N–H and O–H groups in total. The zero-order chi connectivity index (χ0) is 9.61. The van der Waals surface area contributed by atoms with Gasteiger partial charge >= 0.3 is 5.97 Å². The van der Waals surface area contributed by atoms with Crippen LogP contribution in [0, 0.1) is 0 Å². The normalized spacial score (nSPS) is 11.6. The van der Waals surface area contributed by atoms with E-state index in [4.69, 9.17) is 10.8 Å². The Bertz CT molecular complexity index is 146. The van der Waals surface area contributed by atoms with E-state index in [-0.39, 0.29) is 6.54 Å². The fourth-order valence-electron chi connectivity index (χ4n) is 1.13. The van der Waals surface area contributed by atoms with E-state index in [1.54, 1.807) is 0 Å². The minimum Gasteiger partial charge on any atom is -0.477 e. The minimum absolute atomic E-state index is 0.185. The van der Waals surface area contributed by atoms with Crippen LogP contribution in [0.25, 0.3) is 0 Å². The summed E-state index contributed by atoms with van der Waals surface area (Å²) < 4.78 is 0.537. The van der Waals surface area contributed by atoms with E-state index in [2.05, 4.69) is 0 Å². The number of nitrogens with zero attached hydrogens (tertiary/aromatic N) is 1. The quantitative estimate of drug-likeness (QED) is 0.437. The van der Waals surface area contributed by atoms with Gasteiger partial charge in [0.25, 0.3) is 0 Å². The van der Waals surface area contributed by atoms with Crippen LogP contribution in [0.15, 0.2) is 0 Å². The first-order chi connectivity index (χ1) is 5.48. The molecule has 0 aromatic rings. The Morgan fingerprint density at radius 1 is 1.42 bits per heavy atom. The minimum atomic E-state index is -0.743. The highest BCUT2D eigenvalue weighted by molar-refractivity contribution is 5.67. The largest absolute Gasteiger partial charge is 0.477 e. The first-order valence-electron chi connectivity index (χ1n) is 4.22. The summed E-state index contributed by atoms with van der Waals surface area (Å²) in [6, 6.07) is 0. The summed E-state index contributed by atoms with van der Waals surface area (Å²) in [6.45, 7) is 1.75. The van der Waals surface area contributed by atoms with Crippen LogP contribution in [-0.2, 0) is 4.79 Å². The number of likely N-dealkylation sites (N-methyl/N-ethyl adjacent to an activating group) is 1. The molecule has 4 nitrogen and oxygen atoms in total. The third kappa shape index (κ3) is 6.12. The Morgan fingerprint density at radius 2 is 2.00 bits per heavy atom. The van der Waals surface area contributed by atoms with Crippen LogP contribution in [-0.4, -0.2) is 49.3 Å². The molecule has 0 amide bonds. The molecule has 0 atom stereocenters. The number of nitrogens with two attached hydrogens (primary N) is 1. The summed E-state index contributed by atoms with van der Waals surface area (Å²) in [5.74, 6) is -0.743. The van der Waals surface area contributed by atoms with Gasteiger partial charge in [0.05, 0.1) is 20.6 Å². The monoisotopic (exact) mass is 175 g/mol. The molecule has 0 heterocycles. The van der Waals surface area contributed by atoms with E-state index >= 15 is 0 Å². The Hall–Kier alpha value is -0.610. The predicted molar refractivity (Wildman–Crippen MR) is 47.8 cm³/mol. The van der Waals surface area contributed by atoms with Crippen LogP contribution in [0.5, 0.6) is 0 Å². The van der Waals surface area contributed by atoms with Gasteiger partial charge in [-0.2, -0.15) is 0 Å². The number of hydrogen-bond acceptors (Lipinski definition) is 2. The SMILES string of the molecule is C[N+](C)(CCCCN)CC(=O)O. The fraction of sp³-hybridized carbons (Fsp3) is 0.875. The Morgan fingerprint density at radius 3 is 2.42 bits per heavy atom. The zero-order valence-electron chi connectivity index (χ0n) is 7.92. The summed E-state index contributed by atoms with van der Waals surface area (Å²) >= 11 is 0. The zero-order valence-corrected chi connectivity index (χ0v) is 7.92. The van der Waals surface area contributed by atoms with Crippen molar-refractivity contribution >= 4 is 5.97 Å². The number of aliphatic carboxylic acids is 1. The second-order valence-corrected chi connectivity index (χ2v) is 3.71. The van der Waals surface area contributed by atoms with Crippen LogP contribution in [0.1, 0.15) is 12.8 Å². The van der Waals surface area contributed by atoms with Crippen LogP contribution in [0.2, 0.25) is 0 Å². The number of carboxylic acid groups (broad SMARTS) is 1. The van der Waals surface area contributed by atoms with Gasteiger partial charge in [0.15, 0.2) is 6.54 Å². The highest BCUT2D eigenvalue weighted by Gasteiger charge is 2.18. The van der Waals surface area contributed by atoms with Gasteiger partial charge in [-0.25, -0.2) is 4.79 Å². The molecule has 0 radical (unpaired) electrons. The van der Waals surface area contributed by atoms with Gasteiger partial charge in [-0.3, -0.25) is 0 Å². The van der Waals surface area contributed by atoms with Crippen LogP contribution in [0.4, 0.5) is 0 Å². The van der Waals surface area contributed by atoms with E-state index < -0.39 is 5.97 Å². The average Bonchev–Trinajstić information content (AvgIpc) is 1.84. The maximum absolute atomic E-state index is 10.4. The molecule has 0 aliphatic heterocycles. The molecular weight excluding hydrogens is 156 g/mol. The first-order valence-corrected chi connectivity index (χ1v) is 4.22. The molecule has 0 saturated heterocycles. The summed E-state index contributed by atoms with van der Waals surface area (Å²) in [5, 5.41) is 8.57. The van der Waals surface area contributed by atoms with Gasteiger partial charge in [0, 0.05) is 0 Å². The second kappa shape index (κ2) is 5.11. The highest BCUT2D eigenvalue weighted by atomic mass is 16.4. The second-order valence-electron chi connectivity index (χ2n) is 3.71. The van der Waals surface area contributed by atoms with Gasteiger partial charge in [-0.05, 0) is 19.4 Å². The van der Waals surface area contributed by atoms with Gasteiger partial charge in [-0.1, -0.05) is 0 Å². The Kier molecular flexibility index (Phi) is 4.85. The number of hydrogen-bond donors (Lipinski definition) is 2.